The summed E-state index contributed by atoms with van der Waals surface area (Å²) in [5.41, 5.74) is 0. The van der Waals surface area contributed by atoms with Crippen molar-refractivity contribution in [1.82, 2.24) is 5.32 Å². The molecule has 0 aliphatic heterocycles. The molecule has 0 aromatic rings. The molecule has 4 unspecified atom stereocenters. The molecule has 1 amide bonds. The molecule has 0 aromatic heterocycles. The molecule has 0 saturated heterocycles. The number of carbonyl (C=O) groups is 1. The number of hydrogen-bond donors (Lipinski definition) is 5. The highest BCUT2D eigenvalue weighted by Gasteiger charge is 2.28. The van der Waals surface area contributed by atoms with Gasteiger partial charge >= 0.3 is 0 Å². The second-order valence-electron chi connectivity index (χ2n) is 19.6. The third-order valence-electron chi connectivity index (χ3n) is 13.3. The Morgan fingerprint density at radius 1 is 0.391 bits per heavy atom. The van der Waals surface area contributed by atoms with Crippen LogP contribution in [0, 0.1) is 0 Å². The molecule has 5 N–H and O–H groups in total. The normalized spacial score (nSPS) is 14.0. The van der Waals surface area contributed by atoms with Crippen LogP contribution in [0.4, 0.5) is 0 Å². The quantitative estimate of drug-likeness (QED) is 0.0309. The topological polar surface area (TPSA) is 110 Å². The van der Waals surface area contributed by atoms with E-state index in [0.29, 0.717) is 12.8 Å². The monoisotopic (exact) mass is 902 g/mol. The number of nitrogens with one attached hydrogen (secondary N) is 1. The summed E-state index contributed by atoms with van der Waals surface area (Å²) < 4.78 is 0. The highest BCUT2D eigenvalue weighted by molar-refractivity contribution is 5.80. The zero-order valence-corrected chi connectivity index (χ0v) is 42.8. The Hall–Kier alpha value is -1.47. The lowest BCUT2D eigenvalue weighted by Crippen LogP contribution is -2.53. The summed E-state index contributed by atoms with van der Waals surface area (Å²) in [6.45, 7) is 4.03. The molecular formula is C58H111NO5. The van der Waals surface area contributed by atoms with Crippen molar-refractivity contribution < 1.29 is 25.2 Å². The first-order valence-corrected chi connectivity index (χ1v) is 28.4. The molecule has 0 rings (SSSR count). The summed E-state index contributed by atoms with van der Waals surface area (Å²) in [7, 11) is 0. The molecule has 4 atom stereocenters. The van der Waals surface area contributed by atoms with Crippen LogP contribution >= 0.6 is 0 Å². The van der Waals surface area contributed by atoms with E-state index >= 15 is 0 Å². The average Bonchev–Trinajstić information content (AvgIpc) is 3.30. The Labute approximate surface area is 398 Å². The molecule has 0 radical (unpaired) electrons. The van der Waals surface area contributed by atoms with Crippen LogP contribution in [0.2, 0.25) is 0 Å². The van der Waals surface area contributed by atoms with Crippen molar-refractivity contribution in [1.29, 1.82) is 0 Å². The van der Waals surface area contributed by atoms with Crippen LogP contribution in [-0.2, 0) is 4.79 Å². The molecule has 64 heavy (non-hydrogen) atoms. The highest BCUT2D eigenvalue weighted by Crippen LogP contribution is 2.18. The summed E-state index contributed by atoms with van der Waals surface area (Å²) >= 11 is 0. The predicted octanol–water partition coefficient (Wildman–Crippen LogP) is 16.4. The summed E-state index contributed by atoms with van der Waals surface area (Å²) in [6.07, 6.45) is 65.1. The van der Waals surface area contributed by atoms with E-state index in [0.717, 1.165) is 57.8 Å². The van der Waals surface area contributed by atoms with Gasteiger partial charge in [-0.3, -0.25) is 4.79 Å². The zero-order valence-electron chi connectivity index (χ0n) is 42.8. The molecule has 0 spiro atoms. The van der Waals surface area contributed by atoms with Crippen LogP contribution in [0.1, 0.15) is 296 Å². The van der Waals surface area contributed by atoms with Crippen molar-refractivity contribution in [3.05, 3.63) is 36.5 Å². The van der Waals surface area contributed by atoms with E-state index in [2.05, 4.69) is 55.6 Å². The Kier molecular flexibility index (Phi) is 51.3. The summed E-state index contributed by atoms with van der Waals surface area (Å²) in [5, 5.41) is 43.9. The molecular weight excluding hydrogens is 791 g/mol. The summed E-state index contributed by atoms with van der Waals surface area (Å²) in [5.74, 6) is -0.600. The fourth-order valence-electron chi connectivity index (χ4n) is 8.85. The molecule has 0 saturated carbocycles. The molecule has 0 aliphatic carbocycles. The minimum Gasteiger partial charge on any atom is -0.394 e. The van der Waals surface area contributed by atoms with E-state index < -0.39 is 36.9 Å². The number of allylic oxidation sites excluding steroid dienone is 6. The van der Waals surface area contributed by atoms with Gasteiger partial charge in [0, 0.05) is 0 Å². The van der Waals surface area contributed by atoms with Crippen LogP contribution in [0.3, 0.4) is 0 Å². The van der Waals surface area contributed by atoms with E-state index in [9.17, 15) is 25.2 Å². The number of rotatable bonds is 52. The van der Waals surface area contributed by atoms with Crippen LogP contribution in [0.25, 0.3) is 0 Å². The fourth-order valence-corrected chi connectivity index (χ4v) is 8.85. The Morgan fingerprint density at radius 2 is 0.688 bits per heavy atom. The van der Waals surface area contributed by atoms with Gasteiger partial charge in [-0.25, -0.2) is 0 Å². The Bertz CT molecular complexity index is 1010. The Morgan fingerprint density at radius 3 is 1.06 bits per heavy atom. The van der Waals surface area contributed by atoms with E-state index in [1.807, 2.05) is 0 Å². The van der Waals surface area contributed by atoms with Gasteiger partial charge in [-0.2, -0.15) is 0 Å². The number of amides is 1. The molecule has 0 aliphatic rings. The number of unbranched alkanes of at least 4 members (excludes halogenated alkanes) is 37. The molecule has 378 valence electrons. The fraction of sp³-hybridized carbons (Fsp3) is 0.879. The van der Waals surface area contributed by atoms with Crippen molar-refractivity contribution in [3.63, 3.8) is 0 Å². The second kappa shape index (κ2) is 52.5. The SMILES string of the molecule is CCCCC/C=C\C/C=C\CCCCCCCCC(O)C(=O)NC(CO)C(O)C(O)CCC/C=C/CCCCCCCCCCCCCCCCCCCCCCCCCCCCC. The predicted molar refractivity (Wildman–Crippen MR) is 279 cm³/mol. The van der Waals surface area contributed by atoms with E-state index in [4.69, 9.17) is 0 Å². The van der Waals surface area contributed by atoms with Crippen molar-refractivity contribution in [2.24, 2.45) is 0 Å². The number of carbonyl (C=O) groups excluding carboxylic acids is 1. The number of hydrogen-bond acceptors (Lipinski definition) is 5. The van der Waals surface area contributed by atoms with Crippen LogP contribution in [-0.4, -0.2) is 57.3 Å². The molecule has 0 aromatic carbocycles. The third kappa shape index (κ3) is 45.7. The van der Waals surface area contributed by atoms with Crippen molar-refractivity contribution in [3.8, 4) is 0 Å². The van der Waals surface area contributed by atoms with Gasteiger partial charge in [0.25, 0.3) is 0 Å². The smallest absolute Gasteiger partial charge is 0.249 e. The van der Waals surface area contributed by atoms with Crippen LogP contribution < -0.4 is 5.32 Å². The zero-order chi connectivity index (χ0) is 46.7. The van der Waals surface area contributed by atoms with E-state index in [-0.39, 0.29) is 0 Å². The van der Waals surface area contributed by atoms with Gasteiger partial charge in [-0.05, 0) is 70.6 Å². The minimum atomic E-state index is -1.29. The minimum absolute atomic E-state index is 0.351. The maximum absolute atomic E-state index is 12.6. The van der Waals surface area contributed by atoms with E-state index in [1.54, 1.807) is 0 Å². The van der Waals surface area contributed by atoms with Gasteiger partial charge in [0.05, 0.1) is 18.8 Å². The second-order valence-corrected chi connectivity index (χ2v) is 19.6. The van der Waals surface area contributed by atoms with Crippen molar-refractivity contribution >= 4 is 5.91 Å². The van der Waals surface area contributed by atoms with Gasteiger partial charge < -0.3 is 25.7 Å². The summed E-state index contributed by atoms with van der Waals surface area (Å²) in [6, 6.07) is -1.01. The van der Waals surface area contributed by atoms with Crippen LogP contribution in [0.5, 0.6) is 0 Å². The third-order valence-corrected chi connectivity index (χ3v) is 13.3. The maximum Gasteiger partial charge on any atom is 0.249 e. The van der Waals surface area contributed by atoms with Gasteiger partial charge in [0.15, 0.2) is 0 Å². The van der Waals surface area contributed by atoms with Crippen LogP contribution in [0.15, 0.2) is 36.5 Å². The molecule has 0 bridgehead atoms. The first kappa shape index (κ1) is 62.5. The first-order chi connectivity index (χ1) is 31.5. The molecule has 0 fully saturated rings. The largest absolute Gasteiger partial charge is 0.394 e. The number of aliphatic hydroxyl groups is 4. The average molecular weight is 903 g/mol. The lowest BCUT2D eigenvalue weighted by atomic mass is 10.00. The Balaban J connectivity index is 3.61. The van der Waals surface area contributed by atoms with Gasteiger partial charge in [-0.15, -0.1) is 0 Å². The number of aliphatic hydroxyl groups excluding tert-OH is 4. The van der Waals surface area contributed by atoms with Gasteiger partial charge in [-0.1, -0.05) is 262 Å². The highest BCUT2D eigenvalue weighted by atomic mass is 16.3. The summed E-state index contributed by atoms with van der Waals surface area (Å²) in [4.78, 5) is 12.6. The van der Waals surface area contributed by atoms with Crippen molar-refractivity contribution in [2.75, 3.05) is 6.61 Å². The van der Waals surface area contributed by atoms with Gasteiger partial charge in [0.2, 0.25) is 5.91 Å². The van der Waals surface area contributed by atoms with Gasteiger partial charge in [0.1, 0.15) is 12.2 Å². The lowest BCUT2D eigenvalue weighted by Gasteiger charge is -2.27. The molecule has 6 nitrogen and oxygen atoms in total. The standard InChI is InChI=1S/C58H111NO5/c1-3-5-7-9-11-13-15-17-19-21-22-23-24-25-26-27-28-29-30-31-32-33-34-35-36-38-39-41-43-45-47-49-51-55(61)57(63)54(53-60)59-58(64)56(62)52-50-48-46-44-42-40-37-20-18-16-14-12-10-8-6-4-2/h12,14,18,20,43,45,54-57,60-63H,3-11,13,15-17,19,21-42,44,46-53H2,1-2H3,(H,59,64)/b14-12-,20-18-,45-43+. The first-order valence-electron chi connectivity index (χ1n) is 28.4. The van der Waals surface area contributed by atoms with Crippen molar-refractivity contribution in [2.45, 2.75) is 321 Å². The van der Waals surface area contributed by atoms with E-state index in [1.165, 1.54) is 212 Å². The molecule has 6 heteroatoms. The molecule has 0 heterocycles. The lowest BCUT2D eigenvalue weighted by molar-refractivity contribution is -0.132. The maximum atomic E-state index is 12.6.